The van der Waals surface area contributed by atoms with Gasteiger partial charge >= 0.3 is 0 Å². The molecule has 0 aliphatic heterocycles. The lowest BCUT2D eigenvalue weighted by Gasteiger charge is -2.31. The molecule has 2 N–H and O–H groups in total. The molecule has 0 aliphatic rings. The van der Waals surface area contributed by atoms with Gasteiger partial charge in [0.2, 0.25) is 5.91 Å². The van der Waals surface area contributed by atoms with Crippen LogP contribution in [0.1, 0.15) is 19.4 Å². The fourth-order valence-corrected chi connectivity index (χ4v) is 2.67. The lowest BCUT2D eigenvalue weighted by molar-refractivity contribution is -0.129. The van der Waals surface area contributed by atoms with E-state index in [0.717, 1.165) is 11.3 Å². The monoisotopic (exact) mass is 412 g/mol. The summed E-state index contributed by atoms with van der Waals surface area (Å²) < 4.78 is 0. The third kappa shape index (κ3) is 8.16. The first-order valence-corrected chi connectivity index (χ1v) is 8.54. The first-order valence-electron chi connectivity index (χ1n) is 8.54. The molecule has 5 nitrogen and oxygen atoms in total. The van der Waals surface area contributed by atoms with Gasteiger partial charge in [0.1, 0.15) is 0 Å². The van der Waals surface area contributed by atoms with Crippen LogP contribution in [0, 0.1) is 5.41 Å². The quantitative estimate of drug-likeness (QED) is 0.721. The molecule has 1 amide bonds. The number of aromatic nitrogens is 1. The molecule has 1 aromatic carbocycles. The summed E-state index contributed by atoms with van der Waals surface area (Å²) >= 11 is 0. The summed E-state index contributed by atoms with van der Waals surface area (Å²) in [6.07, 6.45) is 3.59. The number of hydrogen-bond acceptors (Lipinski definition) is 4. The Morgan fingerprint density at radius 1 is 1.11 bits per heavy atom. The standard InChI is InChI=1S/C20H28N4O.2ClH/c1-20(2,15-21)16-23(3)19(25)14-24(18-9-5-4-6-10-18)13-17-8-7-11-22-12-17;;/h4-12H,13-16,21H2,1-3H3;2*1H. The molecule has 0 saturated heterocycles. The number of hydrogen-bond donors (Lipinski definition) is 1. The Bertz CT molecular complexity index is 668. The highest BCUT2D eigenvalue weighted by molar-refractivity contribution is 5.85. The van der Waals surface area contributed by atoms with Crippen molar-refractivity contribution in [2.24, 2.45) is 11.1 Å². The number of nitrogens with two attached hydrogens (primary N) is 1. The van der Waals surface area contributed by atoms with E-state index in [1.54, 1.807) is 11.1 Å². The van der Waals surface area contributed by atoms with E-state index in [-0.39, 0.29) is 36.1 Å². The number of benzene rings is 1. The molecule has 1 aromatic heterocycles. The molecule has 150 valence electrons. The zero-order valence-electron chi connectivity index (χ0n) is 16.2. The van der Waals surface area contributed by atoms with Crippen molar-refractivity contribution in [1.29, 1.82) is 0 Å². The minimum Gasteiger partial charge on any atom is -0.358 e. The summed E-state index contributed by atoms with van der Waals surface area (Å²) in [5.74, 6) is 0.0780. The van der Waals surface area contributed by atoms with Gasteiger partial charge in [-0.2, -0.15) is 0 Å². The highest BCUT2D eigenvalue weighted by atomic mass is 35.5. The van der Waals surface area contributed by atoms with E-state index in [4.69, 9.17) is 5.73 Å². The summed E-state index contributed by atoms with van der Waals surface area (Å²) in [7, 11) is 1.84. The topological polar surface area (TPSA) is 62.5 Å². The second kappa shape index (κ2) is 11.8. The van der Waals surface area contributed by atoms with Gasteiger partial charge in [0, 0.05) is 38.2 Å². The van der Waals surface area contributed by atoms with Crippen LogP contribution in [0.5, 0.6) is 0 Å². The maximum atomic E-state index is 12.7. The van der Waals surface area contributed by atoms with E-state index in [1.807, 2.05) is 55.7 Å². The van der Waals surface area contributed by atoms with Crippen molar-refractivity contribution in [3.63, 3.8) is 0 Å². The Morgan fingerprint density at radius 2 is 1.78 bits per heavy atom. The molecular formula is C20H30Cl2N4O. The number of amides is 1. The van der Waals surface area contributed by atoms with Crippen molar-refractivity contribution in [3.8, 4) is 0 Å². The van der Waals surface area contributed by atoms with Crippen molar-refractivity contribution >= 4 is 36.4 Å². The third-order valence-electron chi connectivity index (χ3n) is 4.19. The Kier molecular flexibility index (Phi) is 11.0. The highest BCUT2D eigenvalue weighted by Gasteiger charge is 2.22. The number of anilines is 1. The van der Waals surface area contributed by atoms with Crippen LogP contribution in [-0.2, 0) is 11.3 Å². The predicted octanol–water partition coefficient (Wildman–Crippen LogP) is 3.38. The van der Waals surface area contributed by atoms with E-state index in [0.29, 0.717) is 26.2 Å². The van der Waals surface area contributed by atoms with Crippen molar-refractivity contribution < 1.29 is 4.79 Å². The number of likely N-dealkylation sites (N-methyl/N-ethyl adjacent to an activating group) is 1. The van der Waals surface area contributed by atoms with Crippen LogP contribution in [0.4, 0.5) is 5.69 Å². The lowest BCUT2D eigenvalue weighted by Crippen LogP contribution is -2.44. The van der Waals surface area contributed by atoms with Crippen molar-refractivity contribution in [2.45, 2.75) is 20.4 Å². The predicted molar refractivity (Wildman–Crippen MR) is 117 cm³/mol. The van der Waals surface area contributed by atoms with Gasteiger partial charge in [0.25, 0.3) is 0 Å². The molecule has 1 heterocycles. The van der Waals surface area contributed by atoms with Gasteiger partial charge in [-0.15, -0.1) is 24.8 Å². The van der Waals surface area contributed by atoms with Crippen LogP contribution in [0.15, 0.2) is 54.9 Å². The van der Waals surface area contributed by atoms with Crippen LogP contribution < -0.4 is 10.6 Å². The first-order chi connectivity index (χ1) is 11.9. The van der Waals surface area contributed by atoms with E-state index in [9.17, 15) is 4.79 Å². The maximum absolute atomic E-state index is 12.7. The molecule has 7 heteroatoms. The molecule has 0 fully saturated rings. The van der Waals surface area contributed by atoms with Gasteiger partial charge in [-0.25, -0.2) is 0 Å². The average molecular weight is 413 g/mol. The minimum atomic E-state index is -0.0919. The molecule has 0 atom stereocenters. The molecule has 2 aromatic rings. The number of pyridine rings is 1. The van der Waals surface area contributed by atoms with Gasteiger partial charge in [-0.05, 0) is 35.7 Å². The average Bonchev–Trinajstić information content (AvgIpc) is 2.62. The molecule has 0 spiro atoms. The van der Waals surface area contributed by atoms with Gasteiger partial charge in [-0.3, -0.25) is 9.78 Å². The van der Waals surface area contributed by atoms with E-state index >= 15 is 0 Å². The fraction of sp³-hybridized carbons (Fsp3) is 0.400. The Balaban J connectivity index is 0.00000338. The van der Waals surface area contributed by atoms with E-state index < -0.39 is 0 Å². The zero-order valence-corrected chi connectivity index (χ0v) is 17.8. The second-order valence-corrected chi connectivity index (χ2v) is 7.17. The van der Waals surface area contributed by atoms with E-state index in [1.165, 1.54) is 0 Å². The van der Waals surface area contributed by atoms with Crippen molar-refractivity contribution in [1.82, 2.24) is 9.88 Å². The maximum Gasteiger partial charge on any atom is 0.241 e. The summed E-state index contributed by atoms with van der Waals surface area (Å²) in [6, 6.07) is 13.9. The Morgan fingerprint density at radius 3 is 2.33 bits per heavy atom. The molecule has 0 unspecified atom stereocenters. The number of halogens is 2. The van der Waals surface area contributed by atoms with Crippen LogP contribution in [0.2, 0.25) is 0 Å². The molecule has 0 radical (unpaired) electrons. The SMILES string of the molecule is CN(CC(C)(C)CN)C(=O)CN(Cc1cccnc1)c1ccccc1.Cl.Cl. The highest BCUT2D eigenvalue weighted by Crippen LogP contribution is 2.18. The van der Waals surface area contributed by atoms with Gasteiger partial charge in [-0.1, -0.05) is 38.1 Å². The van der Waals surface area contributed by atoms with Crippen molar-refractivity contribution in [3.05, 3.63) is 60.4 Å². The fourth-order valence-electron chi connectivity index (χ4n) is 2.67. The van der Waals surface area contributed by atoms with Crippen molar-refractivity contribution in [2.75, 3.05) is 31.6 Å². The summed E-state index contributed by atoms with van der Waals surface area (Å²) in [6.45, 7) is 6.27. The molecule has 0 aliphatic carbocycles. The van der Waals surface area contributed by atoms with Crippen LogP contribution in [0.3, 0.4) is 0 Å². The van der Waals surface area contributed by atoms with Gasteiger partial charge in [0.05, 0.1) is 6.54 Å². The first kappa shape index (κ1) is 25.2. The largest absolute Gasteiger partial charge is 0.358 e. The van der Waals surface area contributed by atoms with E-state index in [2.05, 4.69) is 23.7 Å². The minimum absolute atomic E-state index is 0. The molecule has 2 rings (SSSR count). The smallest absolute Gasteiger partial charge is 0.241 e. The van der Waals surface area contributed by atoms with Gasteiger partial charge < -0.3 is 15.5 Å². The van der Waals surface area contributed by atoms with Gasteiger partial charge in [0.15, 0.2) is 0 Å². The van der Waals surface area contributed by atoms with Crippen LogP contribution in [-0.4, -0.2) is 42.5 Å². The van der Waals surface area contributed by atoms with Crippen LogP contribution in [0.25, 0.3) is 0 Å². The second-order valence-electron chi connectivity index (χ2n) is 7.17. The number of para-hydroxylation sites is 1. The Hall–Kier alpha value is -1.82. The summed E-state index contributed by atoms with van der Waals surface area (Å²) in [5, 5.41) is 0. The molecule has 0 bridgehead atoms. The lowest BCUT2D eigenvalue weighted by atomic mass is 9.93. The summed E-state index contributed by atoms with van der Waals surface area (Å²) in [4.78, 5) is 20.8. The number of rotatable bonds is 8. The number of carbonyl (C=O) groups excluding carboxylic acids is 1. The number of carbonyl (C=O) groups is 1. The van der Waals surface area contributed by atoms with Crippen LogP contribution >= 0.6 is 24.8 Å². The summed E-state index contributed by atoms with van der Waals surface area (Å²) in [5.41, 5.74) is 7.79. The molecule has 27 heavy (non-hydrogen) atoms. The third-order valence-corrected chi connectivity index (χ3v) is 4.19. The number of nitrogens with zero attached hydrogens (tertiary/aromatic N) is 3. The normalized spacial score (nSPS) is 10.4. The Labute approximate surface area is 174 Å². The zero-order chi connectivity index (χ0) is 18.3. The molecular weight excluding hydrogens is 383 g/mol. The molecule has 0 saturated carbocycles.